The average molecular weight is 290 g/mol. The second kappa shape index (κ2) is 6.98. The van der Waals surface area contributed by atoms with Gasteiger partial charge in [0.15, 0.2) is 0 Å². The molecule has 0 spiro atoms. The summed E-state index contributed by atoms with van der Waals surface area (Å²) in [4.78, 5) is 46.5. The molecular formula is C10H14N2O6S. The quantitative estimate of drug-likeness (QED) is 0.647. The van der Waals surface area contributed by atoms with Gasteiger partial charge in [0.05, 0.1) is 14.2 Å². The molecule has 0 radical (unpaired) electrons. The SMILES string of the molecule is COC(=O)CN(CC(=O)OC)C(=O)C1CSC(=O)N1. The predicted molar refractivity (Wildman–Crippen MR) is 65.4 cm³/mol. The number of methoxy groups -OCH3 is 2. The number of hydrogen-bond donors (Lipinski definition) is 1. The second-order valence-corrected chi connectivity index (χ2v) is 4.63. The lowest BCUT2D eigenvalue weighted by atomic mass is 10.3. The summed E-state index contributed by atoms with van der Waals surface area (Å²) < 4.78 is 8.90. The van der Waals surface area contributed by atoms with Gasteiger partial charge in [-0.2, -0.15) is 0 Å². The molecule has 1 atom stereocenters. The van der Waals surface area contributed by atoms with E-state index in [1.165, 1.54) is 14.2 Å². The predicted octanol–water partition coefficient (Wildman–Crippen LogP) is -1.01. The zero-order chi connectivity index (χ0) is 14.4. The Bertz CT molecular complexity index is 381. The van der Waals surface area contributed by atoms with E-state index in [4.69, 9.17) is 0 Å². The molecule has 0 aromatic carbocycles. The standard InChI is InChI=1S/C10H14N2O6S/c1-17-7(13)3-12(4-8(14)18-2)9(15)6-5-19-10(16)11-6/h6H,3-5H2,1-2H3,(H,11,16). The van der Waals surface area contributed by atoms with Crippen LogP contribution in [-0.4, -0.2) is 67.1 Å². The molecule has 0 bridgehead atoms. The van der Waals surface area contributed by atoms with Crippen LogP contribution in [0.5, 0.6) is 0 Å². The van der Waals surface area contributed by atoms with E-state index in [1.807, 2.05) is 0 Å². The maximum atomic E-state index is 12.1. The molecule has 0 aromatic rings. The summed E-state index contributed by atoms with van der Waals surface area (Å²) in [6.07, 6.45) is 0. The topological polar surface area (TPSA) is 102 Å². The molecular weight excluding hydrogens is 276 g/mol. The largest absolute Gasteiger partial charge is 0.468 e. The van der Waals surface area contributed by atoms with Crippen molar-refractivity contribution >= 4 is 34.8 Å². The molecule has 8 nitrogen and oxygen atoms in total. The number of thioether (sulfide) groups is 1. The van der Waals surface area contributed by atoms with Crippen molar-refractivity contribution in [1.29, 1.82) is 0 Å². The van der Waals surface area contributed by atoms with Crippen LogP contribution < -0.4 is 5.32 Å². The van der Waals surface area contributed by atoms with E-state index < -0.39 is 23.9 Å². The highest BCUT2D eigenvalue weighted by atomic mass is 32.2. The van der Waals surface area contributed by atoms with Crippen molar-refractivity contribution in [3.8, 4) is 0 Å². The van der Waals surface area contributed by atoms with Crippen molar-refractivity contribution in [3.05, 3.63) is 0 Å². The van der Waals surface area contributed by atoms with E-state index in [2.05, 4.69) is 14.8 Å². The Morgan fingerprint density at radius 1 is 1.26 bits per heavy atom. The zero-order valence-electron chi connectivity index (χ0n) is 10.5. The van der Waals surface area contributed by atoms with Crippen LogP contribution in [0.4, 0.5) is 4.79 Å². The van der Waals surface area contributed by atoms with Gasteiger partial charge in [-0.15, -0.1) is 0 Å². The maximum absolute atomic E-state index is 12.1. The van der Waals surface area contributed by atoms with Crippen molar-refractivity contribution < 1.29 is 28.7 Å². The lowest BCUT2D eigenvalue weighted by Gasteiger charge is -2.22. The molecule has 19 heavy (non-hydrogen) atoms. The number of ether oxygens (including phenoxy) is 2. The average Bonchev–Trinajstić information content (AvgIpc) is 2.83. The van der Waals surface area contributed by atoms with Crippen LogP contribution in [0.2, 0.25) is 0 Å². The fourth-order valence-corrected chi connectivity index (χ4v) is 2.16. The van der Waals surface area contributed by atoms with E-state index in [1.54, 1.807) is 0 Å². The van der Waals surface area contributed by atoms with E-state index in [0.717, 1.165) is 16.7 Å². The molecule has 2 amide bonds. The first kappa shape index (κ1) is 15.3. The first-order valence-electron chi connectivity index (χ1n) is 5.33. The van der Waals surface area contributed by atoms with Crippen LogP contribution in [0, 0.1) is 0 Å². The molecule has 1 aliphatic heterocycles. The van der Waals surface area contributed by atoms with Crippen molar-refractivity contribution in [2.45, 2.75) is 6.04 Å². The number of nitrogens with one attached hydrogen (secondary N) is 1. The first-order valence-corrected chi connectivity index (χ1v) is 6.32. The maximum Gasteiger partial charge on any atom is 0.325 e. The van der Waals surface area contributed by atoms with Gasteiger partial charge in [0.25, 0.3) is 5.24 Å². The summed E-state index contributed by atoms with van der Waals surface area (Å²) in [6, 6.07) is -0.744. The van der Waals surface area contributed by atoms with Gasteiger partial charge in [-0.1, -0.05) is 11.8 Å². The van der Waals surface area contributed by atoms with Crippen LogP contribution in [0.1, 0.15) is 0 Å². The van der Waals surface area contributed by atoms with Crippen molar-refractivity contribution in [1.82, 2.24) is 10.2 Å². The van der Waals surface area contributed by atoms with Gasteiger partial charge in [-0.05, 0) is 0 Å². The highest BCUT2D eigenvalue weighted by Gasteiger charge is 2.33. The Labute approximate surface area is 113 Å². The number of nitrogens with zero attached hydrogens (tertiary/aromatic N) is 1. The summed E-state index contributed by atoms with van der Waals surface area (Å²) >= 11 is 0.970. The monoisotopic (exact) mass is 290 g/mol. The Morgan fingerprint density at radius 2 is 1.79 bits per heavy atom. The highest BCUT2D eigenvalue weighted by molar-refractivity contribution is 8.14. The molecule has 9 heteroatoms. The minimum atomic E-state index is -0.744. The molecule has 106 valence electrons. The van der Waals surface area contributed by atoms with Crippen molar-refractivity contribution in [3.63, 3.8) is 0 Å². The minimum Gasteiger partial charge on any atom is -0.468 e. The molecule has 0 saturated carbocycles. The Morgan fingerprint density at radius 3 is 2.16 bits per heavy atom. The molecule has 0 aromatic heterocycles. The summed E-state index contributed by atoms with van der Waals surface area (Å²) in [5, 5.41) is 2.13. The number of carbonyl (C=O) groups excluding carboxylic acids is 4. The van der Waals surface area contributed by atoms with E-state index in [0.29, 0.717) is 0 Å². The fraction of sp³-hybridized carbons (Fsp3) is 0.600. The van der Waals surface area contributed by atoms with Gasteiger partial charge in [-0.3, -0.25) is 19.2 Å². The molecule has 1 saturated heterocycles. The van der Waals surface area contributed by atoms with E-state index in [9.17, 15) is 19.2 Å². The van der Waals surface area contributed by atoms with Crippen LogP contribution in [0.15, 0.2) is 0 Å². The molecule has 1 N–H and O–H groups in total. The van der Waals surface area contributed by atoms with Crippen LogP contribution in [0.3, 0.4) is 0 Å². The van der Waals surface area contributed by atoms with Gasteiger partial charge >= 0.3 is 11.9 Å². The third-order valence-corrected chi connectivity index (χ3v) is 3.26. The summed E-state index contributed by atoms with van der Waals surface area (Å²) in [6.45, 7) is -0.747. The number of amides is 2. The lowest BCUT2D eigenvalue weighted by molar-refractivity contribution is -0.152. The van der Waals surface area contributed by atoms with Gasteiger partial charge in [0.1, 0.15) is 19.1 Å². The molecule has 1 unspecified atom stereocenters. The van der Waals surface area contributed by atoms with Crippen LogP contribution in [0.25, 0.3) is 0 Å². The Kier molecular flexibility index (Phi) is 5.61. The first-order chi connectivity index (χ1) is 8.97. The van der Waals surface area contributed by atoms with Gasteiger partial charge in [0, 0.05) is 5.75 Å². The molecule has 1 aliphatic rings. The third-order valence-electron chi connectivity index (χ3n) is 2.38. The van der Waals surface area contributed by atoms with Crippen molar-refractivity contribution in [2.75, 3.05) is 33.1 Å². The van der Waals surface area contributed by atoms with Crippen LogP contribution in [-0.2, 0) is 23.9 Å². The summed E-state index contributed by atoms with van der Waals surface area (Å²) in [5.41, 5.74) is 0. The number of rotatable bonds is 5. The molecule has 0 aliphatic carbocycles. The van der Waals surface area contributed by atoms with Gasteiger partial charge in [0.2, 0.25) is 5.91 Å². The molecule has 1 rings (SSSR count). The van der Waals surface area contributed by atoms with E-state index >= 15 is 0 Å². The number of carbonyl (C=O) groups is 4. The smallest absolute Gasteiger partial charge is 0.325 e. The molecule has 1 fully saturated rings. The summed E-state index contributed by atoms with van der Waals surface area (Å²) in [5.74, 6) is -1.58. The number of hydrogen-bond acceptors (Lipinski definition) is 7. The lowest BCUT2D eigenvalue weighted by Crippen LogP contribution is -2.49. The van der Waals surface area contributed by atoms with E-state index in [-0.39, 0.29) is 24.1 Å². The van der Waals surface area contributed by atoms with Gasteiger partial charge < -0.3 is 19.7 Å². The second-order valence-electron chi connectivity index (χ2n) is 3.64. The Hall–Kier alpha value is -1.77. The van der Waals surface area contributed by atoms with Crippen molar-refractivity contribution in [2.24, 2.45) is 0 Å². The molecule has 1 heterocycles. The summed E-state index contributed by atoms with van der Waals surface area (Å²) in [7, 11) is 2.35. The highest BCUT2D eigenvalue weighted by Crippen LogP contribution is 2.15. The number of esters is 2. The Balaban J connectivity index is 2.70. The minimum absolute atomic E-state index is 0.260. The fourth-order valence-electron chi connectivity index (χ4n) is 1.39. The third kappa shape index (κ3) is 4.43. The normalized spacial score (nSPS) is 17.6. The van der Waals surface area contributed by atoms with Crippen LogP contribution >= 0.6 is 11.8 Å². The van der Waals surface area contributed by atoms with Gasteiger partial charge in [-0.25, -0.2) is 0 Å². The zero-order valence-corrected chi connectivity index (χ0v) is 11.3.